The van der Waals surface area contributed by atoms with Crippen LogP contribution in [0.1, 0.15) is 0 Å². The molecule has 0 fully saturated rings. The molecular weight excluding hydrogens is 166 g/mol. The van der Waals surface area contributed by atoms with Gasteiger partial charge in [-0.2, -0.15) is 4.98 Å². The highest BCUT2D eigenvalue weighted by atomic mass is 16.8. The van der Waals surface area contributed by atoms with E-state index < -0.39 is 5.56 Å². The topological polar surface area (TPSA) is 125 Å². The number of hydrogen-bond acceptors (Lipinski definition) is 6. The van der Waals surface area contributed by atoms with Gasteiger partial charge in [-0.1, -0.05) is 0 Å². The van der Waals surface area contributed by atoms with Gasteiger partial charge >= 0.3 is 16.7 Å². The molecule has 0 atom stereocenters. The number of fused-ring (bicyclic) bond motifs is 1. The normalized spacial score (nSPS) is 10.7. The van der Waals surface area contributed by atoms with E-state index in [2.05, 4.69) is 19.8 Å². The molecule has 0 bridgehead atoms. The third-order valence-electron chi connectivity index (χ3n) is 1.28. The smallest absolute Gasteiger partial charge is 0.349 e. The van der Waals surface area contributed by atoms with Crippen molar-refractivity contribution in [2.75, 3.05) is 5.73 Å². The summed E-state index contributed by atoms with van der Waals surface area (Å²) in [5, 5.41) is 13.9. The van der Waals surface area contributed by atoms with Crippen molar-refractivity contribution in [3.8, 4) is 0 Å². The number of anilines is 1. The third kappa shape index (κ3) is 0.713. The van der Waals surface area contributed by atoms with E-state index in [0.29, 0.717) is 0 Å². The molecule has 8 nitrogen and oxygen atoms in total. The largest absolute Gasteiger partial charge is 0.369 e. The molecule has 0 spiro atoms. The van der Waals surface area contributed by atoms with E-state index in [1.807, 2.05) is 0 Å². The Morgan fingerprint density at radius 2 is 2.42 bits per heavy atom. The minimum absolute atomic E-state index is 0.0272. The van der Waals surface area contributed by atoms with Crippen molar-refractivity contribution in [2.24, 2.45) is 0 Å². The van der Waals surface area contributed by atoms with Crippen LogP contribution in [0.5, 0.6) is 0 Å². The number of nitrogens with zero attached hydrogens (tertiary/aromatic N) is 3. The molecular formula is C4H3N5O3. The summed E-state index contributed by atoms with van der Waals surface area (Å²) >= 11 is 0. The van der Waals surface area contributed by atoms with Crippen molar-refractivity contribution < 1.29 is 9.53 Å². The van der Waals surface area contributed by atoms with Crippen LogP contribution in [0.25, 0.3) is 11.2 Å². The first-order valence-corrected chi connectivity index (χ1v) is 2.93. The van der Waals surface area contributed by atoms with Gasteiger partial charge < -0.3 is 10.9 Å². The molecule has 0 saturated heterocycles. The molecule has 0 saturated carbocycles. The average Bonchev–Trinajstić information content (AvgIpc) is 2.31. The summed E-state index contributed by atoms with van der Waals surface area (Å²) in [6, 6.07) is 0. The van der Waals surface area contributed by atoms with Gasteiger partial charge in [-0.05, 0) is 4.90 Å². The number of nitrogens with one attached hydrogen (secondary N) is 1. The second-order valence-corrected chi connectivity index (χ2v) is 2.05. The van der Waals surface area contributed by atoms with Crippen molar-refractivity contribution in [3.63, 3.8) is 0 Å². The summed E-state index contributed by atoms with van der Waals surface area (Å²) in [4.78, 5) is 16.6. The summed E-state index contributed by atoms with van der Waals surface area (Å²) < 4.78 is 4.12. The molecule has 0 amide bonds. The van der Waals surface area contributed by atoms with Crippen molar-refractivity contribution in [1.29, 1.82) is 0 Å². The predicted octanol–water partition coefficient (Wildman–Crippen LogP) is -1.87. The van der Waals surface area contributed by atoms with E-state index >= 15 is 0 Å². The molecule has 62 valence electrons. The lowest BCUT2D eigenvalue weighted by atomic mass is 10.5. The SMILES string of the molecule is Nc1nc2no[n+]([O-])c2c(=O)[nH]1. The highest BCUT2D eigenvalue weighted by molar-refractivity contribution is 5.64. The Hall–Kier alpha value is -2.12. The van der Waals surface area contributed by atoms with Gasteiger partial charge in [0.05, 0.1) is 5.16 Å². The fourth-order valence-electron chi connectivity index (χ4n) is 0.817. The Kier molecular flexibility index (Phi) is 1.06. The number of rotatable bonds is 0. The lowest BCUT2D eigenvalue weighted by Crippen LogP contribution is -2.29. The maximum Gasteiger partial charge on any atom is 0.349 e. The van der Waals surface area contributed by atoms with E-state index in [9.17, 15) is 10.0 Å². The van der Waals surface area contributed by atoms with Gasteiger partial charge in [0, 0.05) is 0 Å². The van der Waals surface area contributed by atoms with E-state index in [1.54, 1.807) is 0 Å². The van der Waals surface area contributed by atoms with Gasteiger partial charge in [0.25, 0.3) is 0 Å². The summed E-state index contributed by atoms with van der Waals surface area (Å²) in [7, 11) is 0. The molecule has 0 aliphatic rings. The zero-order valence-corrected chi connectivity index (χ0v) is 5.64. The van der Waals surface area contributed by atoms with Crippen LogP contribution in [0.4, 0.5) is 5.95 Å². The van der Waals surface area contributed by atoms with Crippen LogP contribution in [0.2, 0.25) is 0 Å². The van der Waals surface area contributed by atoms with Crippen molar-refractivity contribution in [3.05, 3.63) is 15.6 Å². The van der Waals surface area contributed by atoms with Gasteiger partial charge in [-0.15, -0.1) is 0 Å². The molecule has 2 aromatic heterocycles. The maximum absolute atomic E-state index is 11.0. The van der Waals surface area contributed by atoms with Crippen LogP contribution in [-0.4, -0.2) is 15.1 Å². The van der Waals surface area contributed by atoms with Crippen LogP contribution in [-0.2, 0) is 0 Å². The van der Waals surface area contributed by atoms with Gasteiger partial charge in [-0.25, -0.2) is 0 Å². The molecule has 0 aromatic carbocycles. The van der Waals surface area contributed by atoms with Crippen molar-refractivity contribution >= 4 is 17.1 Å². The fraction of sp³-hybridized carbons (Fsp3) is 0. The number of hydrogen-bond donors (Lipinski definition) is 2. The van der Waals surface area contributed by atoms with E-state index in [4.69, 9.17) is 5.73 Å². The zero-order valence-electron chi connectivity index (χ0n) is 5.64. The Morgan fingerprint density at radius 3 is 3.17 bits per heavy atom. The molecule has 0 aliphatic carbocycles. The summed E-state index contributed by atoms with van der Waals surface area (Å²) in [6.45, 7) is 0. The Bertz CT molecular complexity index is 485. The second kappa shape index (κ2) is 1.94. The van der Waals surface area contributed by atoms with Crippen LogP contribution in [0, 0.1) is 5.21 Å². The highest BCUT2D eigenvalue weighted by Gasteiger charge is 2.15. The first-order valence-electron chi connectivity index (χ1n) is 2.93. The van der Waals surface area contributed by atoms with Crippen LogP contribution in [0.15, 0.2) is 9.42 Å². The summed E-state index contributed by atoms with van der Waals surface area (Å²) in [6.07, 6.45) is 0. The molecule has 12 heavy (non-hydrogen) atoms. The minimum atomic E-state index is -0.672. The summed E-state index contributed by atoms with van der Waals surface area (Å²) in [5.74, 6) is -0.110. The number of nitrogen functional groups attached to an aromatic ring is 1. The van der Waals surface area contributed by atoms with Crippen molar-refractivity contribution in [2.45, 2.75) is 0 Å². The highest BCUT2D eigenvalue weighted by Crippen LogP contribution is 1.97. The molecule has 0 unspecified atom stereocenters. The average molecular weight is 169 g/mol. The van der Waals surface area contributed by atoms with Gasteiger partial charge in [-0.3, -0.25) is 14.4 Å². The summed E-state index contributed by atoms with van der Waals surface area (Å²) in [5.41, 5.74) is 4.11. The van der Waals surface area contributed by atoms with E-state index in [-0.39, 0.29) is 22.0 Å². The van der Waals surface area contributed by atoms with E-state index in [1.165, 1.54) is 0 Å². The van der Waals surface area contributed by atoms with E-state index in [0.717, 1.165) is 0 Å². The molecule has 0 aliphatic heterocycles. The number of aromatic nitrogens is 4. The molecule has 8 heteroatoms. The first-order chi connectivity index (χ1) is 5.68. The van der Waals surface area contributed by atoms with Gasteiger partial charge in [0.1, 0.15) is 0 Å². The minimum Gasteiger partial charge on any atom is -0.369 e. The van der Waals surface area contributed by atoms with Gasteiger partial charge in [0.15, 0.2) is 0 Å². The zero-order chi connectivity index (χ0) is 8.72. The quantitative estimate of drug-likeness (QED) is 0.445. The second-order valence-electron chi connectivity index (χ2n) is 2.05. The maximum atomic E-state index is 11.0. The Morgan fingerprint density at radius 1 is 1.67 bits per heavy atom. The van der Waals surface area contributed by atoms with Crippen LogP contribution >= 0.6 is 0 Å². The van der Waals surface area contributed by atoms with Crippen LogP contribution in [0.3, 0.4) is 0 Å². The molecule has 2 rings (SSSR count). The number of aromatic amines is 1. The Balaban J connectivity index is 3.03. The van der Waals surface area contributed by atoms with Gasteiger partial charge in [0.2, 0.25) is 5.95 Å². The molecule has 3 N–H and O–H groups in total. The standard InChI is InChI=1S/C4H3N5O3/c5-4-6-2-1(3(10)7-4)9(11)12-8-2/h(H3,5,6,7,8,10). The predicted molar refractivity (Wildman–Crippen MR) is 35.8 cm³/mol. The lowest BCUT2D eigenvalue weighted by Gasteiger charge is -1.86. The fourth-order valence-corrected chi connectivity index (χ4v) is 0.817. The molecule has 2 heterocycles. The van der Waals surface area contributed by atoms with Crippen LogP contribution < -0.4 is 16.2 Å². The molecule has 0 radical (unpaired) electrons. The molecule has 2 aromatic rings. The third-order valence-corrected chi connectivity index (χ3v) is 1.28. The first kappa shape index (κ1) is 6.58. The number of nitrogens with two attached hydrogens (primary N) is 1. The Labute approximate surface area is 64.1 Å². The monoisotopic (exact) mass is 169 g/mol. The number of H-pyrrole nitrogens is 1. The van der Waals surface area contributed by atoms with Crippen molar-refractivity contribution in [1.82, 2.24) is 15.1 Å². The lowest BCUT2D eigenvalue weighted by molar-refractivity contribution is -0.782.